The van der Waals surface area contributed by atoms with Crippen molar-refractivity contribution in [3.8, 4) is 0 Å². The highest BCUT2D eigenvalue weighted by Gasteiger charge is 2.31. The van der Waals surface area contributed by atoms with Gasteiger partial charge in [0.25, 0.3) is 0 Å². The van der Waals surface area contributed by atoms with Gasteiger partial charge in [0.15, 0.2) is 0 Å². The van der Waals surface area contributed by atoms with Crippen LogP contribution in [0.4, 0.5) is 5.82 Å². The Kier molecular flexibility index (Phi) is 6.32. The number of aryl methyl sites for hydroxylation is 1. The summed E-state index contributed by atoms with van der Waals surface area (Å²) < 4.78 is 26.1. The molecule has 2 heterocycles. The number of hydrogen-bond acceptors (Lipinski definition) is 5. The van der Waals surface area contributed by atoms with Crippen molar-refractivity contribution in [2.75, 3.05) is 36.8 Å². The van der Waals surface area contributed by atoms with Gasteiger partial charge < -0.3 is 4.90 Å². The average molecular weight is 449 g/mol. The first-order valence-electron chi connectivity index (χ1n) is 10.8. The lowest BCUT2D eigenvalue weighted by molar-refractivity contribution is 0.384. The summed E-state index contributed by atoms with van der Waals surface area (Å²) in [6, 6.07) is 7.92. The Bertz CT molecular complexity index is 1020. The first-order valence-corrected chi connectivity index (χ1v) is 12.8. The van der Waals surface area contributed by atoms with Gasteiger partial charge in [-0.2, -0.15) is 4.31 Å². The standard InChI is InChI=1S/C22H29ClN4O2S/c1-3-20-19(15-16-6-5-7-18(23)14-16)22(25-21(24-20)17-8-9-17)26-10-12-27(13-11-26)30(28,29)4-2/h5-7,14,17H,3-4,8-13,15H2,1-2H3. The summed E-state index contributed by atoms with van der Waals surface area (Å²) in [6.07, 6.45) is 3.87. The molecule has 6 nitrogen and oxygen atoms in total. The number of rotatable bonds is 7. The second kappa shape index (κ2) is 8.81. The van der Waals surface area contributed by atoms with Gasteiger partial charge in [-0.1, -0.05) is 30.7 Å². The molecule has 0 unspecified atom stereocenters. The fraction of sp³-hybridized carbons (Fsp3) is 0.545. The molecule has 1 aliphatic heterocycles. The van der Waals surface area contributed by atoms with Crippen molar-refractivity contribution >= 4 is 27.4 Å². The summed E-state index contributed by atoms with van der Waals surface area (Å²) in [5, 5.41) is 0.723. The quantitative estimate of drug-likeness (QED) is 0.647. The predicted molar refractivity (Wildman–Crippen MR) is 121 cm³/mol. The molecule has 2 fully saturated rings. The molecule has 0 amide bonds. The van der Waals surface area contributed by atoms with Gasteiger partial charge in [-0.25, -0.2) is 18.4 Å². The molecule has 30 heavy (non-hydrogen) atoms. The zero-order valence-corrected chi connectivity index (χ0v) is 19.2. The minimum atomic E-state index is -3.16. The van der Waals surface area contributed by atoms with Crippen molar-refractivity contribution in [3.63, 3.8) is 0 Å². The van der Waals surface area contributed by atoms with E-state index in [-0.39, 0.29) is 5.75 Å². The predicted octanol–water partition coefficient (Wildman–Crippen LogP) is 3.63. The van der Waals surface area contributed by atoms with E-state index >= 15 is 0 Å². The van der Waals surface area contributed by atoms with Crippen molar-refractivity contribution in [1.29, 1.82) is 0 Å². The van der Waals surface area contributed by atoms with E-state index in [1.54, 1.807) is 11.2 Å². The molecule has 162 valence electrons. The van der Waals surface area contributed by atoms with E-state index in [1.165, 1.54) is 0 Å². The van der Waals surface area contributed by atoms with E-state index in [2.05, 4.69) is 17.9 Å². The van der Waals surface area contributed by atoms with Crippen molar-refractivity contribution in [2.45, 2.75) is 45.4 Å². The zero-order valence-electron chi connectivity index (χ0n) is 17.6. The van der Waals surface area contributed by atoms with E-state index in [0.29, 0.717) is 32.1 Å². The monoisotopic (exact) mass is 448 g/mol. The molecule has 1 aliphatic carbocycles. The van der Waals surface area contributed by atoms with E-state index in [4.69, 9.17) is 21.6 Å². The van der Waals surface area contributed by atoms with E-state index in [1.807, 2.05) is 18.2 Å². The van der Waals surface area contributed by atoms with Crippen LogP contribution < -0.4 is 4.90 Å². The number of halogens is 1. The molecule has 0 spiro atoms. The van der Waals surface area contributed by atoms with Crippen molar-refractivity contribution < 1.29 is 8.42 Å². The Hall–Kier alpha value is -1.70. The highest BCUT2D eigenvalue weighted by atomic mass is 35.5. The maximum Gasteiger partial charge on any atom is 0.213 e. The van der Waals surface area contributed by atoms with Gasteiger partial charge in [0.1, 0.15) is 11.6 Å². The fourth-order valence-electron chi connectivity index (χ4n) is 4.01. The number of hydrogen-bond donors (Lipinski definition) is 0. The number of piperazine rings is 1. The van der Waals surface area contributed by atoms with Crippen LogP contribution in [-0.4, -0.2) is 54.6 Å². The van der Waals surface area contributed by atoms with Crippen molar-refractivity contribution in [3.05, 3.63) is 51.9 Å². The third-order valence-electron chi connectivity index (χ3n) is 5.93. The highest BCUT2D eigenvalue weighted by Crippen LogP contribution is 2.40. The van der Waals surface area contributed by atoms with E-state index < -0.39 is 10.0 Å². The smallest absolute Gasteiger partial charge is 0.213 e. The average Bonchev–Trinajstić information content (AvgIpc) is 3.59. The van der Waals surface area contributed by atoms with Crippen LogP contribution in [-0.2, 0) is 22.9 Å². The molecule has 2 aliphatic rings. The minimum absolute atomic E-state index is 0.145. The lowest BCUT2D eigenvalue weighted by Crippen LogP contribution is -2.49. The largest absolute Gasteiger partial charge is 0.354 e. The van der Waals surface area contributed by atoms with Gasteiger partial charge in [-0.3, -0.25) is 0 Å². The fourth-order valence-corrected chi connectivity index (χ4v) is 5.30. The molecular formula is C22H29ClN4O2S. The zero-order chi connectivity index (χ0) is 21.3. The summed E-state index contributed by atoms with van der Waals surface area (Å²) in [7, 11) is -3.16. The normalized spacial score (nSPS) is 18.0. The summed E-state index contributed by atoms with van der Waals surface area (Å²) in [4.78, 5) is 12.2. The molecule has 2 aromatic rings. The molecule has 0 bridgehead atoms. The third-order valence-corrected chi connectivity index (χ3v) is 8.05. The van der Waals surface area contributed by atoms with Crippen LogP contribution in [0.2, 0.25) is 5.02 Å². The van der Waals surface area contributed by atoms with Crippen LogP contribution >= 0.6 is 11.6 Å². The molecule has 0 N–H and O–H groups in total. The Morgan fingerprint density at radius 1 is 1.10 bits per heavy atom. The van der Waals surface area contributed by atoms with Gasteiger partial charge >= 0.3 is 0 Å². The number of aromatic nitrogens is 2. The molecule has 0 radical (unpaired) electrons. The van der Waals surface area contributed by atoms with Crippen LogP contribution in [0.15, 0.2) is 24.3 Å². The maximum absolute atomic E-state index is 12.3. The van der Waals surface area contributed by atoms with Crippen molar-refractivity contribution in [1.82, 2.24) is 14.3 Å². The molecule has 0 atom stereocenters. The third kappa shape index (κ3) is 4.63. The van der Waals surface area contributed by atoms with E-state index in [0.717, 1.165) is 59.2 Å². The molecule has 1 aromatic heterocycles. The Labute approximate surface area is 184 Å². The summed E-state index contributed by atoms with van der Waals surface area (Å²) in [5.41, 5.74) is 3.36. The second-order valence-electron chi connectivity index (χ2n) is 8.05. The summed E-state index contributed by atoms with van der Waals surface area (Å²) in [6.45, 7) is 6.12. The first-order chi connectivity index (χ1) is 14.4. The second-order valence-corrected chi connectivity index (χ2v) is 10.7. The summed E-state index contributed by atoms with van der Waals surface area (Å²) in [5.74, 6) is 2.53. The van der Waals surface area contributed by atoms with Crippen LogP contribution in [0, 0.1) is 0 Å². The van der Waals surface area contributed by atoms with Gasteiger partial charge in [0, 0.05) is 54.8 Å². The molecular weight excluding hydrogens is 420 g/mol. The van der Waals surface area contributed by atoms with Crippen LogP contribution in [0.5, 0.6) is 0 Å². The Morgan fingerprint density at radius 3 is 2.43 bits per heavy atom. The first kappa shape index (κ1) is 21.5. The number of benzene rings is 1. The molecule has 8 heteroatoms. The highest BCUT2D eigenvalue weighted by molar-refractivity contribution is 7.89. The van der Waals surface area contributed by atoms with Gasteiger partial charge in [0.2, 0.25) is 10.0 Å². The molecule has 4 rings (SSSR count). The molecule has 1 saturated heterocycles. The van der Waals surface area contributed by atoms with Gasteiger partial charge in [0.05, 0.1) is 5.75 Å². The van der Waals surface area contributed by atoms with Gasteiger partial charge in [-0.15, -0.1) is 0 Å². The lowest BCUT2D eigenvalue weighted by atomic mass is 10.0. The molecule has 1 saturated carbocycles. The van der Waals surface area contributed by atoms with Crippen molar-refractivity contribution in [2.24, 2.45) is 0 Å². The Morgan fingerprint density at radius 2 is 1.83 bits per heavy atom. The van der Waals surface area contributed by atoms with Crippen LogP contribution in [0.3, 0.4) is 0 Å². The number of anilines is 1. The Balaban J connectivity index is 1.67. The topological polar surface area (TPSA) is 66.4 Å². The molecule has 1 aromatic carbocycles. The van der Waals surface area contributed by atoms with Gasteiger partial charge in [-0.05, 0) is 43.9 Å². The summed E-state index contributed by atoms with van der Waals surface area (Å²) >= 11 is 6.22. The maximum atomic E-state index is 12.3. The SMILES string of the molecule is CCc1nc(C2CC2)nc(N2CCN(S(=O)(=O)CC)CC2)c1Cc1cccc(Cl)c1. The van der Waals surface area contributed by atoms with Crippen LogP contribution in [0.25, 0.3) is 0 Å². The van der Waals surface area contributed by atoms with E-state index in [9.17, 15) is 8.42 Å². The lowest BCUT2D eigenvalue weighted by Gasteiger charge is -2.36. The van der Waals surface area contributed by atoms with Crippen LogP contribution in [0.1, 0.15) is 55.3 Å². The number of sulfonamides is 1. The number of nitrogens with zero attached hydrogens (tertiary/aromatic N) is 4. The minimum Gasteiger partial charge on any atom is -0.354 e.